The van der Waals surface area contributed by atoms with Crippen LogP contribution in [0.1, 0.15) is 52.7 Å². The van der Waals surface area contributed by atoms with Crippen molar-refractivity contribution in [2.24, 2.45) is 0 Å². The Balaban J connectivity index is 1.22. The van der Waals surface area contributed by atoms with Crippen LogP contribution >= 0.6 is 0 Å². The molecule has 0 heterocycles. The summed E-state index contributed by atoms with van der Waals surface area (Å²) < 4.78 is 38.8. The quantitative estimate of drug-likeness (QED) is 0.169. The zero-order valence-corrected chi connectivity index (χ0v) is 29.7. The summed E-state index contributed by atoms with van der Waals surface area (Å²) in [6, 6.07) is 60.1. The van der Waals surface area contributed by atoms with Gasteiger partial charge < -0.3 is 4.90 Å². The molecule has 0 unspecified atom stereocenters. The van der Waals surface area contributed by atoms with E-state index in [1.54, 1.807) is 0 Å². The second-order valence-electron chi connectivity index (χ2n) is 14.6. The summed E-state index contributed by atoms with van der Waals surface area (Å²) in [4.78, 5) is 1.91. The maximum absolute atomic E-state index is 9.75. The van der Waals surface area contributed by atoms with E-state index in [4.69, 9.17) is 0 Å². The Bertz CT molecular complexity index is 2800. The number of para-hydroxylation sites is 1. The third-order valence-corrected chi connectivity index (χ3v) is 11.4. The normalized spacial score (nSPS) is 15.2. The molecule has 2 aliphatic rings. The minimum absolute atomic E-state index is 0.0661. The lowest BCUT2D eigenvalue weighted by Crippen LogP contribution is -2.28. The molecule has 0 atom stereocenters. The molecule has 0 aliphatic heterocycles. The van der Waals surface area contributed by atoms with Crippen LogP contribution in [0.4, 0.5) is 17.1 Å². The molecular formula is C52H39N. The zero-order valence-electron chi connectivity index (χ0n) is 33.7. The molecule has 0 N–H and O–H groups in total. The summed E-state index contributed by atoms with van der Waals surface area (Å²) in [7, 11) is 0. The van der Waals surface area contributed by atoms with Crippen molar-refractivity contribution >= 4 is 17.1 Å². The van der Waals surface area contributed by atoms with Crippen LogP contribution in [0.15, 0.2) is 200 Å². The van der Waals surface area contributed by atoms with E-state index in [9.17, 15) is 5.48 Å². The van der Waals surface area contributed by atoms with Gasteiger partial charge in [0.25, 0.3) is 0 Å². The first-order chi connectivity index (χ1) is 27.7. The van der Waals surface area contributed by atoms with Crippen LogP contribution in [0.2, 0.25) is 0 Å². The van der Waals surface area contributed by atoms with Gasteiger partial charge in [-0.05, 0) is 103 Å². The smallest absolute Gasteiger partial charge is 0.0714 e. The van der Waals surface area contributed by atoms with Gasteiger partial charge in [-0.2, -0.15) is 0 Å². The lowest BCUT2D eigenvalue weighted by molar-refractivity contribution is 0.662. The molecule has 8 aromatic rings. The van der Waals surface area contributed by atoms with E-state index in [2.05, 4.69) is 129 Å². The van der Waals surface area contributed by atoms with Crippen molar-refractivity contribution in [2.45, 2.75) is 24.7 Å². The van der Waals surface area contributed by atoms with E-state index in [0.717, 1.165) is 61.4 Å². The van der Waals surface area contributed by atoms with Gasteiger partial charge in [0.1, 0.15) is 0 Å². The van der Waals surface area contributed by atoms with Crippen LogP contribution in [0.3, 0.4) is 0 Å². The molecule has 0 spiro atoms. The Kier molecular flexibility index (Phi) is 6.21. The number of hydrogen-bond acceptors (Lipinski definition) is 1. The van der Waals surface area contributed by atoms with Gasteiger partial charge in [0.05, 0.1) is 10.9 Å². The Morgan fingerprint density at radius 3 is 1.57 bits per heavy atom. The van der Waals surface area contributed by atoms with E-state index >= 15 is 0 Å². The van der Waals surface area contributed by atoms with Gasteiger partial charge in [0.2, 0.25) is 0 Å². The predicted octanol–water partition coefficient (Wildman–Crippen LogP) is 13.5. The summed E-state index contributed by atoms with van der Waals surface area (Å²) in [5.41, 5.74) is 12.9. The number of benzene rings is 8. The standard InChI is InChI=1S/C52H39N/c1-51(2)47-27-14-12-24-44(47)46-26-16-25-42(50(46)51)36-29-31-40(32-30-36)53(39-21-10-5-11-22-39)41-33-34-45-43-23-13-15-28-48(43)52(49(45)35-41,37-17-6-3-7-18-37)38-19-8-4-9-20-38/h3-35H,1-2H3/i29D,30D,31D,32D. The molecule has 252 valence electrons. The van der Waals surface area contributed by atoms with Crippen LogP contribution in [0, 0.1) is 0 Å². The van der Waals surface area contributed by atoms with Crippen molar-refractivity contribution in [1.29, 1.82) is 0 Å². The average molecular weight is 682 g/mol. The first-order valence-electron chi connectivity index (χ1n) is 20.3. The molecule has 0 aromatic heterocycles. The SMILES string of the molecule is [2H]c1c([2H])c(N(c2ccccc2)c2ccc3c(c2)C(c2ccccc2)(c2ccccc2)c2ccccc2-3)c([2H])c([2H])c1-c1cccc2c1C(C)(C)c1ccccc1-2. The topological polar surface area (TPSA) is 3.24 Å². The molecule has 53 heavy (non-hydrogen) atoms. The van der Waals surface area contributed by atoms with Crippen LogP contribution in [0.25, 0.3) is 33.4 Å². The molecule has 0 amide bonds. The van der Waals surface area contributed by atoms with Gasteiger partial charge in [0, 0.05) is 22.5 Å². The van der Waals surface area contributed by atoms with Gasteiger partial charge in [-0.15, -0.1) is 0 Å². The third-order valence-electron chi connectivity index (χ3n) is 11.4. The molecule has 1 heteroatoms. The highest BCUT2D eigenvalue weighted by atomic mass is 15.1. The molecule has 1 nitrogen and oxygen atoms in total. The summed E-state index contributed by atoms with van der Waals surface area (Å²) in [5, 5.41) is 0. The summed E-state index contributed by atoms with van der Waals surface area (Å²) in [6.07, 6.45) is 0. The summed E-state index contributed by atoms with van der Waals surface area (Å²) in [5.74, 6) is 0. The number of hydrogen-bond donors (Lipinski definition) is 0. The minimum Gasteiger partial charge on any atom is -0.310 e. The summed E-state index contributed by atoms with van der Waals surface area (Å²) in [6.45, 7) is 4.36. The van der Waals surface area contributed by atoms with Crippen LogP contribution in [-0.2, 0) is 10.8 Å². The van der Waals surface area contributed by atoms with Crippen molar-refractivity contribution in [2.75, 3.05) is 4.90 Å². The molecular weight excluding hydrogens is 639 g/mol. The number of rotatable bonds is 6. The van der Waals surface area contributed by atoms with Crippen molar-refractivity contribution in [3.8, 4) is 33.4 Å². The number of anilines is 3. The van der Waals surface area contributed by atoms with E-state index in [1.807, 2.05) is 65.6 Å². The maximum atomic E-state index is 9.75. The van der Waals surface area contributed by atoms with Crippen LogP contribution in [0.5, 0.6) is 0 Å². The van der Waals surface area contributed by atoms with Crippen molar-refractivity contribution < 1.29 is 5.48 Å². The molecule has 0 radical (unpaired) electrons. The first-order valence-corrected chi connectivity index (χ1v) is 18.3. The number of fused-ring (bicyclic) bond motifs is 6. The third kappa shape index (κ3) is 4.64. The number of nitrogens with zero attached hydrogens (tertiary/aromatic N) is 1. The molecule has 0 saturated heterocycles. The second kappa shape index (κ2) is 12.1. The molecule has 0 saturated carbocycles. The average Bonchev–Trinajstić information content (AvgIpc) is 3.68. The van der Waals surface area contributed by atoms with Gasteiger partial charge in [-0.25, -0.2) is 0 Å². The summed E-state index contributed by atoms with van der Waals surface area (Å²) >= 11 is 0. The van der Waals surface area contributed by atoms with Crippen LogP contribution < -0.4 is 4.90 Å². The fourth-order valence-corrected chi connectivity index (χ4v) is 9.16. The van der Waals surface area contributed by atoms with E-state index in [-0.39, 0.29) is 29.9 Å². The van der Waals surface area contributed by atoms with Crippen LogP contribution in [-0.4, -0.2) is 0 Å². The Morgan fingerprint density at radius 1 is 0.396 bits per heavy atom. The fraction of sp³-hybridized carbons (Fsp3) is 0.0769. The Morgan fingerprint density at radius 2 is 0.906 bits per heavy atom. The lowest BCUT2D eigenvalue weighted by atomic mass is 9.67. The van der Waals surface area contributed by atoms with Crippen molar-refractivity contribution in [3.05, 3.63) is 233 Å². The van der Waals surface area contributed by atoms with E-state index < -0.39 is 10.8 Å². The lowest BCUT2D eigenvalue weighted by Gasteiger charge is -2.35. The monoisotopic (exact) mass is 681 g/mol. The van der Waals surface area contributed by atoms with E-state index in [1.165, 1.54) is 11.1 Å². The maximum Gasteiger partial charge on any atom is 0.0714 e. The molecule has 8 aromatic carbocycles. The van der Waals surface area contributed by atoms with Gasteiger partial charge in [-0.1, -0.05) is 178 Å². The highest BCUT2D eigenvalue weighted by Gasteiger charge is 2.46. The Hall–Kier alpha value is -6.44. The highest BCUT2D eigenvalue weighted by Crippen LogP contribution is 2.57. The first kappa shape index (κ1) is 27.2. The van der Waals surface area contributed by atoms with Gasteiger partial charge in [-0.3, -0.25) is 0 Å². The van der Waals surface area contributed by atoms with Crippen molar-refractivity contribution in [3.63, 3.8) is 0 Å². The van der Waals surface area contributed by atoms with Crippen molar-refractivity contribution in [1.82, 2.24) is 0 Å². The molecule has 0 bridgehead atoms. The zero-order chi connectivity index (χ0) is 39.1. The van der Waals surface area contributed by atoms with Gasteiger partial charge >= 0.3 is 0 Å². The largest absolute Gasteiger partial charge is 0.310 e. The van der Waals surface area contributed by atoms with Gasteiger partial charge in [0.15, 0.2) is 0 Å². The highest BCUT2D eigenvalue weighted by molar-refractivity contribution is 5.91. The molecule has 10 rings (SSSR count). The minimum atomic E-state index is -0.649. The predicted molar refractivity (Wildman–Crippen MR) is 221 cm³/mol. The van der Waals surface area contributed by atoms with E-state index in [0.29, 0.717) is 5.56 Å². The molecule has 2 aliphatic carbocycles. The Labute approximate surface area is 318 Å². The molecule has 0 fully saturated rings. The fourth-order valence-electron chi connectivity index (χ4n) is 9.16. The second-order valence-corrected chi connectivity index (χ2v) is 14.6.